The number of piperazine rings is 1. The van der Waals surface area contributed by atoms with Crippen LogP contribution in [-0.2, 0) is 5.66 Å². The van der Waals surface area contributed by atoms with Crippen molar-refractivity contribution in [3.63, 3.8) is 0 Å². The van der Waals surface area contributed by atoms with Crippen LogP contribution < -0.4 is 10.1 Å². The first-order valence-corrected chi connectivity index (χ1v) is 8.58. The van der Waals surface area contributed by atoms with Crippen molar-refractivity contribution in [1.29, 1.82) is 0 Å². The number of carboxylic acid groups (broad SMARTS) is 1. The molecule has 136 valence electrons. The third-order valence-corrected chi connectivity index (χ3v) is 4.73. The molecule has 3 rings (SSSR count). The van der Waals surface area contributed by atoms with Crippen molar-refractivity contribution in [2.24, 2.45) is 0 Å². The van der Waals surface area contributed by atoms with Crippen LogP contribution in [-0.4, -0.2) is 62.4 Å². The molecule has 1 atom stereocenters. The van der Waals surface area contributed by atoms with E-state index in [4.69, 9.17) is 4.74 Å². The van der Waals surface area contributed by atoms with Gasteiger partial charge in [0.1, 0.15) is 11.2 Å². The molecule has 9 heteroatoms. The van der Waals surface area contributed by atoms with Gasteiger partial charge in [0.05, 0.1) is 19.6 Å². The molecule has 0 spiro atoms. The summed E-state index contributed by atoms with van der Waals surface area (Å²) in [6, 6.07) is 0.239. The van der Waals surface area contributed by atoms with Crippen LogP contribution in [0.1, 0.15) is 32.6 Å². The fourth-order valence-corrected chi connectivity index (χ4v) is 3.47. The minimum absolute atomic E-state index is 0.239. The van der Waals surface area contributed by atoms with Crippen LogP contribution >= 0.6 is 0 Å². The molecule has 1 aliphatic rings. The molecule has 0 aromatic carbocycles. The Morgan fingerprint density at radius 3 is 3.00 bits per heavy atom. The number of rotatable bonds is 6. The quantitative estimate of drug-likeness (QED) is 0.765. The van der Waals surface area contributed by atoms with E-state index in [-0.39, 0.29) is 6.01 Å². The van der Waals surface area contributed by atoms with Crippen molar-refractivity contribution < 1.29 is 14.6 Å². The molecule has 1 fully saturated rings. The van der Waals surface area contributed by atoms with Crippen LogP contribution in [0.2, 0.25) is 0 Å². The second kappa shape index (κ2) is 7.22. The summed E-state index contributed by atoms with van der Waals surface area (Å²) in [7, 11) is 1.50. The fourth-order valence-electron chi connectivity index (χ4n) is 3.47. The zero-order valence-corrected chi connectivity index (χ0v) is 14.6. The molecule has 0 bridgehead atoms. The van der Waals surface area contributed by atoms with Crippen LogP contribution in [0.4, 0.5) is 4.79 Å². The van der Waals surface area contributed by atoms with E-state index in [2.05, 4.69) is 27.2 Å². The number of nitrogens with one attached hydrogen (secondary N) is 1. The van der Waals surface area contributed by atoms with E-state index in [1.54, 1.807) is 12.5 Å². The Hall–Kier alpha value is -2.42. The number of ether oxygens (including phenoxy) is 1. The van der Waals surface area contributed by atoms with E-state index < -0.39 is 11.8 Å². The molecular weight excluding hydrogens is 324 g/mol. The number of methoxy groups -OCH3 is 1. The number of imidazole rings is 1. The van der Waals surface area contributed by atoms with E-state index in [0.29, 0.717) is 37.2 Å². The summed E-state index contributed by atoms with van der Waals surface area (Å²) in [6.45, 7) is 3.70. The summed E-state index contributed by atoms with van der Waals surface area (Å²) in [5.74, 6) is 0. The van der Waals surface area contributed by atoms with Gasteiger partial charge in [0.15, 0.2) is 5.65 Å². The highest BCUT2D eigenvalue weighted by molar-refractivity contribution is 5.71. The lowest BCUT2D eigenvalue weighted by molar-refractivity contribution is 0.0000658. The van der Waals surface area contributed by atoms with Gasteiger partial charge in [0, 0.05) is 19.6 Å². The molecule has 0 radical (unpaired) electrons. The van der Waals surface area contributed by atoms with Crippen molar-refractivity contribution >= 4 is 17.3 Å². The van der Waals surface area contributed by atoms with Crippen LogP contribution in [0.15, 0.2) is 12.5 Å². The zero-order chi connectivity index (χ0) is 17.9. The Kier molecular flexibility index (Phi) is 5.03. The molecule has 1 aliphatic heterocycles. The summed E-state index contributed by atoms with van der Waals surface area (Å²) in [5.41, 5.74) is 0.442. The maximum atomic E-state index is 12.0. The van der Waals surface area contributed by atoms with Gasteiger partial charge < -0.3 is 15.2 Å². The number of amides is 1. The van der Waals surface area contributed by atoms with Gasteiger partial charge in [-0.05, 0) is 12.8 Å². The first-order chi connectivity index (χ1) is 12.1. The van der Waals surface area contributed by atoms with E-state index in [1.165, 1.54) is 12.0 Å². The minimum atomic E-state index is -0.930. The number of nitrogens with zero attached hydrogens (tertiary/aromatic N) is 5. The van der Waals surface area contributed by atoms with Crippen molar-refractivity contribution in [2.45, 2.75) is 38.3 Å². The number of aromatic nitrogens is 4. The predicted molar refractivity (Wildman–Crippen MR) is 91.6 cm³/mol. The molecule has 0 aliphatic carbocycles. The van der Waals surface area contributed by atoms with Gasteiger partial charge in [-0.1, -0.05) is 19.8 Å². The van der Waals surface area contributed by atoms with Crippen LogP contribution in [0, 0.1) is 0 Å². The summed E-state index contributed by atoms with van der Waals surface area (Å²) in [5, 5.41) is 13.1. The van der Waals surface area contributed by atoms with E-state index in [1.807, 2.05) is 4.57 Å². The first kappa shape index (κ1) is 17.4. The van der Waals surface area contributed by atoms with E-state index in [9.17, 15) is 9.90 Å². The molecule has 1 unspecified atom stereocenters. The second-order valence-electron chi connectivity index (χ2n) is 6.23. The first-order valence-electron chi connectivity index (χ1n) is 8.58. The highest BCUT2D eigenvalue weighted by Crippen LogP contribution is 2.33. The summed E-state index contributed by atoms with van der Waals surface area (Å²) < 4.78 is 6.99. The largest absolute Gasteiger partial charge is 0.467 e. The lowest BCUT2D eigenvalue weighted by Crippen LogP contribution is -2.63. The highest BCUT2D eigenvalue weighted by Gasteiger charge is 2.44. The van der Waals surface area contributed by atoms with Gasteiger partial charge in [0.2, 0.25) is 0 Å². The molecule has 2 aromatic rings. The molecule has 0 saturated carbocycles. The second-order valence-corrected chi connectivity index (χ2v) is 6.23. The van der Waals surface area contributed by atoms with Crippen molar-refractivity contribution in [3.05, 3.63) is 12.5 Å². The maximum Gasteiger partial charge on any atom is 0.409 e. The fraction of sp³-hybridized carbons (Fsp3) is 0.625. The number of unbranched alkanes of at least 4 members (excludes halogenated alkanes) is 2. The normalized spacial score (nSPS) is 20.8. The van der Waals surface area contributed by atoms with Crippen molar-refractivity contribution in [2.75, 3.05) is 26.7 Å². The third-order valence-electron chi connectivity index (χ3n) is 4.73. The summed E-state index contributed by atoms with van der Waals surface area (Å²) in [6.07, 6.45) is 6.05. The van der Waals surface area contributed by atoms with Gasteiger partial charge in [-0.15, -0.1) is 0 Å². The lowest BCUT2D eigenvalue weighted by Gasteiger charge is -2.46. The Balaban J connectivity index is 2.11. The number of hydrogen-bond donors (Lipinski definition) is 2. The molecule has 1 amide bonds. The monoisotopic (exact) mass is 348 g/mol. The van der Waals surface area contributed by atoms with E-state index in [0.717, 1.165) is 19.3 Å². The Bertz CT molecular complexity index is 749. The van der Waals surface area contributed by atoms with Gasteiger partial charge >= 0.3 is 12.1 Å². The molecular formula is C16H24N6O3. The Morgan fingerprint density at radius 2 is 2.28 bits per heavy atom. The van der Waals surface area contributed by atoms with E-state index >= 15 is 0 Å². The number of fused-ring (bicyclic) bond motifs is 1. The number of hydrogen-bond acceptors (Lipinski definition) is 6. The van der Waals surface area contributed by atoms with Gasteiger partial charge in [-0.2, -0.15) is 4.98 Å². The average Bonchev–Trinajstić information content (AvgIpc) is 3.05. The SMILES string of the molecule is CCCCCC1(n2cnc3cnc(OC)nc32)CNCCN1C(=O)O. The van der Waals surface area contributed by atoms with Gasteiger partial charge in [0.25, 0.3) is 0 Å². The standard InChI is InChI=1S/C16H24N6O3/c1-3-4-5-6-16(10-17-7-8-21(16)15(23)24)22-11-19-12-9-18-14(25-2)20-13(12)22/h9,11,17H,3-8,10H2,1-2H3,(H,23,24). The molecule has 2 N–H and O–H groups in total. The number of carbonyl (C=O) groups is 1. The lowest BCUT2D eigenvalue weighted by atomic mass is 9.97. The van der Waals surface area contributed by atoms with Crippen LogP contribution in [0.5, 0.6) is 6.01 Å². The molecule has 9 nitrogen and oxygen atoms in total. The topological polar surface area (TPSA) is 105 Å². The van der Waals surface area contributed by atoms with Gasteiger partial charge in [-0.25, -0.2) is 14.8 Å². The Labute approximate surface area is 146 Å². The van der Waals surface area contributed by atoms with Gasteiger partial charge in [-0.3, -0.25) is 9.47 Å². The highest BCUT2D eigenvalue weighted by atomic mass is 16.5. The predicted octanol–water partition coefficient (Wildman–Crippen LogP) is 1.65. The van der Waals surface area contributed by atoms with Crippen molar-refractivity contribution in [3.8, 4) is 6.01 Å². The molecule has 3 heterocycles. The molecule has 1 saturated heterocycles. The molecule has 25 heavy (non-hydrogen) atoms. The zero-order valence-electron chi connectivity index (χ0n) is 14.6. The summed E-state index contributed by atoms with van der Waals surface area (Å²) >= 11 is 0. The van der Waals surface area contributed by atoms with Crippen LogP contribution in [0.25, 0.3) is 11.2 Å². The van der Waals surface area contributed by atoms with Crippen LogP contribution in [0.3, 0.4) is 0 Å². The maximum absolute atomic E-state index is 12.0. The minimum Gasteiger partial charge on any atom is -0.467 e. The third kappa shape index (κ3) is 3.11. The summed E-state index contributed by atoms with van der Waals surface area (Å²) in [4.78, 5) is 26.3. The average molecular weight is 348 g/mol. The van der Waals surface area contributed by atoms with Crippen molar-refractivity contribution in [1.82, 2.24) is 29.7 Å². The Morgan fingerprint density at radius 1 is 1.44 bits per heavy atom. The molecule has 2 aromatic heterocycles. The smallest absolute Gasteiger partial charge is 0.409 e.